The van der Waals surface area contributed by atoms with Crippen molar-refractivity contribution < 1.29 is 14.3 Å². The van der Waals surface area contributed by atoms with Crippen LogP contribution in [0.5, 0.6) is 11.5 Å². The number of rotatable bonds is 5. The van der Waals surface area contributed by atoms with Crippen LogP contribution in [0.1, 0.15) is 16.2 Å². The predicted octanol–water partition coefficient (Wildman–Crippen LogP) is 4.96. The van der Waals surface area contributed by atoms with E-state index in [9.17, 15) is 4.79 Å². The molecule has 0 fully saturated rings. The number of carbonyl (C=O) groups excluding carboxylic acids is 1. The first-order valence-corrected chi connectivity index (χ1v) is 11.0. The SMILES string of the molecule is COc1ccc(-c2nn3c(C)nnc3s2)cc1NC(=O)c1cc(Br)cc(Br)c1OC. The van der Waals surface area contributed by atoms with Gasteiger partial charge in [-0.2, -0.15) is 9.61 Å². The number of carbonyl (C=O) groups is 1. The van der Waals surface area contributed by atoms with Gasteiger partial charge in [0.25, 0.3) is 5.91 Å². The van der Waals surface area contributed by atoms with Gasteiger partial charge in [-0.05, 0) is 53.2 Å². The topological polar surface area (TPSA) is 90.6 Å². The van der Waals surface area contributed by atoms with Crippen LogP contribution >= 0.6 is 43.2 Å². The van der Waals surface area contributed by atoms with Crippen LogP contribution in [0.2, 0.25) is 0 Å². The molecular formula is C19H15Br2N5O3S. The van der Waals surface area contributed by atoms with Gasteiger partial charge in [0.05, 0.1) is 29.9 Å². The normalized spacial score (nSPS) is 11.0. The highest BCUT2D eigenvalue weighted by molar-refractivity contribution is 9.11. The fraction of sp³-hybridized carbons (Fsp3) is 0.158. The molecule has 0 radical (unpaired) electrons. The number of methoxy groups -OCH3 is 2. The summed E-state index contributed by atoms with van der Waals surface area (Å²) in [6.45, 7) is 1.84. The number of aryl methyl sites for hydroxylation is 1. The Morgan fingerprint density at radius 2 is 1.93 bits per heavy atom. The van der Waals surface area contributed by atoms with Crippen molar-refractivity contribution in [2.75, 3.05) is 19.5 Å². The summed E-state index contributed by atoms with van der Waals surface area (Å²) in [4.78, 5) is 13.7. The lowest BCUT2D eigenvalue weighted by molar-refractivity contribution is 0.102. The number of halogens is 2. The maximum absolute atomic E-state index is 13.0. The van der Waals surface area contributed by atoms with Gasteiger partial charge in [0.15, 0.2) is 5.82 Å². The minimum absolute atomic E-state index is 0.335. The number of benzene rings is 2. The molecule has 2 aromatic carbocycles. The van der Waals surface area contributed by atoms with Crippen LogP contribution in [0.3, 0.4) is 0 Å². The van der Waals surface area contributed by atoms with Crippen LogP contribution in [0, 0.1) is 6.92 Å². The maximum atomic E-state index is 13.0. The summed E-state index contributed by atoms with van der Waals surface area (Å²) in [6, 6.07) is 8.99. The third kappa shape index (κ3) is 3.80. The molecule has 1 amide bonds. The Morgan fingerprint density at radius 3 is 2.63 bits per heavy atom. The van der Waals surface area contributed by atoms with Crippen LogP contribution < -0.4 is 14.8 Å². The van der Waals surface area contributed by atoms with Crippen molar-refractivity contribution in [2.24, 2.45) is 0 Å². The molecule has 2 aromatic heterocycles. The molecule has 0 saturated carbocycles. The van der Waals surface area contributed by atoms with Gasteiger partial charge in [0, 0.05) is 10.0 Å². The van der Waals surface area contributed by atoms with Gasteiger partial charge in [-0.3, -0.25) is 4.79 Å². The third-order valence-electron chi connectivity index (χ3n) is 4.30. The van der Waals surface area contributed by atoms with Crippen molar-refractivity contribution in [3.63, 3.8) is 0 Å². The van der Waals surface area contributed by atoms with Gasteiger partial charge >= 0.3 is 0 Å². The number of fused-ring (bicyclic) bond motifs is 1. The Labute approximate surface area is 192 Å². The molecule has 0 aliphatic rings. The molecule has 30 heavy (non-hydrogen) atoms. The monoisotopic (exact) mass is 551 g/mol. The van der Waals surface area contributed by atoms with Crippen LogP contribution in [0.25, 0.3) is 15.5 Å². The van der Waals surface area contributed by atoms with Gasteiger partial charge in [0.1, 0.15) is 16.5 Å². The van der Waals surface area contributed by atoms with Crippen LogP contribution in [0.4, 0.5) is 5.69 Å². The van der Waals surface area contributed by atoms with Crippen molar-refractivity contribution in [3.05, 3.63) is 50.7 Å². The first kappa shape index (κ1) is 20.8. The van der Waals surface area contributed by atoms with E-state index >= 15 is 0 Å². The van der Waals surface area contributed by atoms with Crippen LogP contribution in [-0.2, 0) is 0 Å². The van der Waals surface area contributed by atoms with Gasteiger partial charge in [-0.1, -0.05) is 27.3 Å². The van der Waals surface area contributed by atoms with Gasteiger partial charge in [-0.25, -0.2) is 0 Å². The minimum Gasteiger partial charge on any atom is -0.495 e. The highest BCUT2D eigenvalue weighted by Crippen LogP contribution is 2.36. The van der Waals surface area contributed by atoms with Crippen LogP contribution in [-0.4, -0.2) is 39.9 Å². The lowest BCUT2D eigenvalue weighted by Gasteiger charge is -2.14. The molecule has 4 rings (SSSR count). The highest BCUT2D eigenvalue weighted by Gasteiger charge is 2.19. The molecule has 0 atom stereocenters. The van der Waals surface area contributed by atoms with Crippen molar-refractivity contribution in [2.45, 2.75) is 6.92 Å². The summed E-state index contributed by atoms with van der Waals surface area (Å²) in [5, 5.41) is 16.3. The van der Waals surface area contributed by atoms with E-state index in [1.807, 2.05) is 25.1 Å². The van der Waals surface area contributed by atoms with E-state index in [2.05, 4.69) is 52.5 Å². The second-order valence-corrected chi connectivity index (χ2v) is 8.91. The molecule has 11 heteroatoms. The summed E-state index contributed by atoms with van der Waals surface area (Å²) in [7, 11) is 3.06. The Morgan fingerprint density at radius 1 is 1.13 bits per heavy atom. The van der Waals surface area contributed by atoms with Crippen molar-refractivity contribution >= 4 is 59.8 Å². The number of nitrogens with one attached hydrogen (secondary N) is 1. The number of ether oxygens (including phenoxy) is 2. The Balaban J connectivity index is 1.72. The zero-order valence-corrected chi connectivity index (χ0v) is 20.1. The fourth-order valence-corrected chi connectivity index (χ4v) is 5.16. The Hall–Kier alpha value is -2.50. The smallest absolute Gasteiger partial charge is 0.259 e. The van der Waals surface area contributed by atoms with Crippen molar-refractivity contribution in [1.82, 2.24) is 19.8 Å². The fourth-order valence-electron chi connectivity index (χ4n) is 2.90. The lowest BCUT2D eigenvalue weighted by Crippen LogP contribution is -2.14. The second-order valence-electron chi connectivity index (χ2n) is 6.19. The van der Waals surface area contributed by atoms with Gasteiger partial charge < -0.3 is 14.8 Å². The van der Waals surface area contributed by atoms with Crippen molar-refractivity contribution in [1.29, 1.82) is 0 Å². The molecule has 1 N–H and O–H groups in total. The summed E-state index contributed by atoms with van der Waals surface area (Å²) in [5.74, 6) is 1.34. The molecule has 0 bridgehead atoms. The number of nitrogens with zero attached hydrogens (tertiary/aromatic N) is 4. The Kier molecular flexibility index (Phi) is 5.76. The number of anilines is 1. The van der Waals surface area contributed by atoms with E-state index < -0.39 is 0 Å². The van der Waals surface area contributed by atoms with E-state index in [-0.39, 0.29) is 5.91 Å². The highest BCUT2D eigenvalue weighted by atomic mass is 79.9. The molecule has 0 unspecified atom stereocenters. The first-order valence-electron chi connectivity index (χ1n) is 8.63. The molecule has 8 nitrogen and oxygen atoms in total. The van der Waals surface area contributed by atoms with E-state index in [1.54, 1.807) is 23.8 Å². The minimum atomic E-state index is -0.335. The summed E-state index contributed by atoms with van der Waals surface area (Å²) >= 11 is 8.24. The van der Waals surface area contributed by atoms with E-state index in [4.69, 9.17) is 9.47 Å². The number of hydrogen-bond acceptors (Lipinski definition) is 7. The molecule has 2 heterocycles. The molecule has 0 aliphatic heterocycles. The second kappa shape index (κ2) is 8.32. The summed E-state index contributed by atoms with van der Waals surface area (Å²) in [6.07, 6.45) is 0. The van der Waals surface area contributed by atoms with Crippen LogP contribution in [0.15, 0.2) is 39.3 Å². The largest absolute Gasteiger partial charge is 0.495 e. The molecule has 0 spiro atoms. The molecule has 154 valence electrons. The average molecular weight is 553 g/mol. The van der Waals surface area contributed by atoms with E-state index in [0.717, 1.165) is 15.0 Å². The lowest BCUT2D eigenvalue weighted by atomic mass is 10.1. The standard InChI is InChI=1S/C19H15Br2N5O3S/c1-9-23-24-19-26(9)25-18(30-19)10-4-5-15(28-2)14(6-10)22-17(27)12-7-11(20)8-13(21)16(12)29-3/h4-8H,1-3H3,(H,22,27). The Bertz CT molecular complexity index is 1270. The zero-order valence-electron chi connectivity index (χ0n) is 16.1. The summed E-state index contributed by atoms with van der Waals surface area (Å²) < 4.78 is 13.9. The summed E-state index contributed by atoms with van der Waals surface area (Å²) in [5.41, 5.74) is 1.71. The number of amides is 1. The molecule has 0 saturated heterocycles. The molecule has 0 aliphatic carbocycles. The molecular weight excluding hydrogens is 538 g/mol. The first-order chi connectivity index (χ1) is 14.4. The average Bonchev–Trinajstić information content (AvgIpc) is 3.29. The van der Waals surface area contributed by atoms with E-state index in [1.165, 1.54) is 18.4 Å². The zero-order chi connectivity index (χ0) is 21.4. The number of aromatic nitrogens is 4. The van der Waals surface area contributed by atoms with Gasteiger partial charge in [0.2, 0.25) is 4.96 Å². The van der Waals surface area contributed by atoms with E-state index in [0.29, 0.717) is 38.0 Å². The molecule has 4 aromatic rings. The number of hydrogen-bond donors (Lipinski definition) is 1. The van der Waals surface area contributed by atoms with Crippen molar-refractivity contribution in [3.8, 4) is 22.1 Å². The quantitative estimate of drug-likeness (QED) is 0.376. The predicted molar refractivity (Wildman–Crippen MR) is 122 cm³/mol. The maximum Gasteiger partial charge on any atom is 0.259 e. The van der Waals surface area contributed by atoms with Gasteiger partial charge in [-0.15, -0.1) is 10.2 Å². The third-order valence-corrected chi connectivity index (χ3v) is 6.29.